The minimum absolute atomic E-state index is 0.183. The molecule has 1 atom stereocenters. The monoisotopic (exact) mass is 298 g/mol. The van der Waals surface area contributed by atoms with Gasteiger partial charge in [0.05, 0.1) is 5.25 Å². The second-order valence-electron chi connectivity index (χ2n) is 5.09. The molecule has 1 saturated heterocycles. The molecular weight excluding hydrogens is 276 g/mol. The van der Waals surface area contributed by atoms with E-state index in [0.717, 1.165) is 5.56 Å². The lowest BCUT2D eigenvalue weighted by molar-refractivity contribution is 0.0984. The summed E-state index contributed by atoms with van der Waals surface area (Å²) in [7, 11) is -1.46. The van der Waals surface area contributed by atoms with Crippen LogP contribution in [-0.2, 0) is 14.8 Å². The molecule has 1 aromatic rings. The van der Waals surface area contributed by atoms with Crippen LogP contribution in [0.2, 0.25) is 0 Å². The highest BCUT2D eigenvalue weighted by molar-refractivity contribution is 7.93. The summed E-state index contributed by atoms with van der Waals surface area (Å²) in [5, 5.41) is 2.78. The van der Waals surface area contributed by atoms with E-state index in [4.69, 9.17) is 4.74 Å². The Morgan fingerprint density at radius 3 is 2.65 bits per heavy atom. The largest absolute Gasteiger partial charge is 0.381 e. The average Bonchev–Trinajstić information content (AvgIpc) is 2.47. The lowest BCUT2D eigenvalue weighted by atomic mass is 10.1. The second-order valence-corrected chi connectivity index (χ2v) is 7.06. The van der Waals surface area contributed by atoms with E-state index < -0.39 is 10.0 Å². The molecule has 2 N–H and O–H groups in total. The van der Waals surface area contributed by atoms with Crippen molar-refractivity contribution in [3.05, 3.63) is 29.8 Å². The van der Waals surface area contributed by atoms with Crippen molar-refractivity contribution in [2.75, 3.05) is 25.0 Å². The van der Waals surface area contributed by atoms with Crippen molar-refractivity contribution in [2.24, 2.45) is 0 Å². The summed E-state index contributed by atoms with van der Waals surface area (Å²) >= 11 is 0. The number of nitrogens with one attached hydrogen (secondary N) is 2. The van der Waals surface area contributed by atoms with Gasteiger partial charge in [-0.3, -0.25) is 4.72 Å². The number of rotatable bonds is 5. The third-order valence-corrected chi connectivity index (χ3v) is 5.56. The van der Waals surface area contributed by atoms with Crippen molar-refractivity contribution in [1.29, 1.82) is 0 Å². The number of hydrogen-bond acceptors (Lipinski definition) is 4. The lowest BCUT2D eigenvalue weighted by Gasteiger charge is -2.23. The fourth-order valence-electron chi connectivity index (χ4n) is 2.27. The molecule has 0 bridgehead atoms. The summed E-state index contributed by atoms with van der Waals surface area (Å²) in [4.78, 5) is 0. The first-order valence-electron chi connectivity index (χ1n) is 6.89. The highest BCUT2D eigenvalue weighted by Gasteiger charge is 2.27. The predicted molar refractivity (Wildman–Crippen MR) is 80.3 cm³/mol. The van der Waals surface area contributed by atoms with Gasteiger partial charge >= 0.3 is 0 Å². The van der Waals surface area contributed by atoms with Gasteiger partial charge < -0.3 is 10.1 Å². The van der Waals surface area contributed by atoms with Crippen molar-refractivity contribution in [2.45, 2.75) is 31.1 Å². The van der Waals surface area contributed by atoms with Gasteiger partial charge in [-0.15, -0.1) is 0 Å². The molecule has 1 fully saturated rings. The molecule has 1 aliphatic rings. The molecule has 0 radical (unpaired) electrons. The zero-order chi connectivity index (χ0) is 14.6. The van der Waals surface area contributed by atoms with Crippen LogP contribution in [0.25, 0.3) is 0 Å². The molecule has 5 nitrogen and oxygen atoms in total. The summed E-state index contributed by atoms with van der Waals surface area (Å²) in [5.74, 6) is 0. The van der Waals surface area contributed by atoms with Gasteiger partial charge in [0.25, 0.3) is 0 Å². The minimum Gasteiger partial charge on any atom is -0.381 e. The minimum atomic E-state index is -3.34. The van der Waals surface area contributed by atoms with Crippen LogP contribution in [0.5, 0.6) is 0 Å². The van der Waals surface area contributed by atoms with E-state index in [1.165, 1.54) is 0 Å². The van der Waals surface area contributed by atoms with E-state index in [-0.39, 0.29) is 11.3 Å². The molecule has 20 heavy (non-hydrogen) atoms. The number of ether oxygens (including phenoxy) is 1. The van der Waals surface area contributed by atoms with E-state index in [9.17, 15) is 8.42 Å². The Morgan fingerprint density at radius 2 is 2.00 bits per heavy atom. The number of benzene rings is 1. The first kappa shape index (κ1) is 15.3. The summed E-state index contributed by atoms with van der Waals surface area (Å²) in [6, 6.07) is 7.68. The normalized spacial score (nSPS) is 18.7. The Labute approximate surface area is 120 Å². The van der Waals surface area contributed by atoms with Crippen molar-refractivity contribution < 1.29 is 13.2 Å². The maximum Gasteiger partial charge on any atom is 0.235 e. The molecule has 112 valence electrons. The van der Waals surface area contributed by atoms with Gasteiger partial charge in [-0.25, -0.2) is 8.42 Å². The molecule has 6 heteroatoms. The van der Waals surface area contributed by atoms with Crippen LogP contribution < -0.4 is 10.0 Å². The highest BCUT2D eigenvalue weighted by atomic mass is 32.2. The molecule has 0 aromatic heterocycles. The van der Waals surface area contributed by atoms with Crippen molar-refractivity contribution in [3.63, 3.8) is 0 Å². The van der Waals surface area contributed by atoms with E-state index in [1.54, 1.807) is 6.07 Å². The maximum absolute atomic E-state index is 12.3. The second kappa shape index (κ2) is 6.56. The van der Waals surface area contributed by atoms with Gasteiger partial charge in [0, 0.05) is 24.9 Å². The van der Waals surface area contributed by atoms with E-state index in [2.05, 4.69) is 10.0 Å². The van der Waals surface area contributed by atoms with Crippen molar-refractivity contribution >= 4 is 15.7 Å². The molecule has 1 heterocycles. The Hall–Kier alpha value is -1.11. The van der Waals surface area contributed by atoms with Crippen LogP contribution in [0.4, 0.5) is 5.69 Å². The van der Waals surface area contributed by atoms with E-state index >= 15 is 0 Å². The molecule has 1 aliphatic heterocycles. The third-order valence-electron chi connectivity index (χ3n) is 3.69. The summed E-state index contributed by atoms with van der Waals surface area (Å²) in [5.41, 5.74) is 1.68. The van der Waals surface area contributed by atoms with Crippen LogP contribution in [0.15, 0.2) is 24.3 Å². The number of anilines is 1. The molecule has 2 rings (SSSR count). The Kier molecular flexibility index (Phi) is 5.01. The lowest BCUT2D eigenvalue weighted by Crippen LogP contribution is -2.33. The fraction of sp³-hybridized carbons (Fsp3) is 0.571. The Morgan fingerprint density at radius 1 is 1.30 bits per heavy atom. The predicted octanol–water partition coefficient (Wildman–Crippen LogP) is 1.89. The van der Waals surface area contributed by atoms with Crippen molar-refractivity contribution in [3.8, 4) is 0 Å². The van der Waals surface area contributed by atoms with Gasteiger partial charge in [0.2, 0.25) is 10.0 Å². The van der Waals surface area contributed by atoms with Crippen LogP contribution in [0.3, 0.4) is 0 Å². The standard InChI is InChI=1S/C14H22N2O3S/c1-11(15-2)12-4-3-5-13(10-12)16-20(17,18)14-6-8-19-9-7-14/h3-5,10-11,14-16H,6-9H2,1-2H3. The van der Waals surface area contributed by atoms with Crippen LogP contribution >= 0.6 is 0 Å². The third kappa shape index (κ3) is 3.71. The molecule has 1 unspecified atom stereocenters. The molecule has 0 amide bonds. The van der Waals surface area contributed by atoms with E-state index in [0.29, 0.717) is 31.7 Å². The van der Waals surface area contributed by atoms with Crippen LogP contribution in [-0.4, -0.2) is 33.9 Å². The Bertz CT molecular complexity index is 539. The van der Waals surface area contributed by atoms with E-state index in [1.807, 2.05) is 32.2 Å². The fourth-order valence-corrected chi connectivity index (χ4v) is 3.71. The summed E-state index contributed by atoms with van der Waals surface area (Å²) in [6.07, 6.45) is 1.11. The van der Waals surface area contributed by atoms with Gasteiger partial charge in [-0.1, -0.05) is 12.1 Å². The SMILES string of the molecule is CNC(C)c1cccc(NS(=O)(=O)C2CCOCC2)c1. The molecule has 1 aromatic carbocycles. The first-order chi connectivity index (χ1) is 9.53. The molecule has 0 aliphatic carbocycles. The number of sulfonamides is 1. The first-order valence-corrected chi connectivity index (χ1v) is 8.44. The smallest absolute Gasteiger partial charge is 0.235 e. The van der Waals surface area contributed by atoms with Gasteiger partial charge in [-0.05, 0) is 44.5 Å². The molecule has 0 saturated carbocycles. The molecular formula is C14H22N2O3S. The summed E-state index contributed by atoms with van der Waals surface area (Å²) in [6.45, 7) is 3.07. The molecule has 0 spiro atoms. The number of hydrogen-bond donors (Lipinski definition) is 2. The Balaban J connectivity index is 2.12. The summed E-state index contributed by atoms with van der Waals surface area (Å²) < 4.78 is 32.6. The van der Waals surface area contributed by atoms with Gasteiger partial charge in [0.15, 0.2) is 0 Å². The highest BCUT2D eigenvalue weighted by Crippen LogP contribution is 2.22. The average molecular weight is 298 g/mol. The van der Waals surface area contributed by atoms with Gasteiger partial charge in [-0.2, -0.15) is 0 Å². The zero-order valence-corrected chi connectivity index (χ0v) is 12.7. The van der Waals surface area contributed by atoms with Gasteiger partial charge in [0.1, 0.15) is 0 Å². The zero-order valence-electron chi connectivity index (χ0n) is 11.9. The van der Waals surface area contributed by atoms with Crippen LogP contribution in [0, 0.1) is 0 Å². The van der Waals surface area contributed by atoms with Crippen molar-refractivity contribution in [1.82, 2.24) is 5.32 Å². The maximum atomic E-state index is 12.3. The topological polar surface area (TPSA) is 67.4 Å². The quantitative estimate of drug-likeness (QED) is 0.871. The van der Waals surface area contributed by atoms with Crippen LogP contribution in [0.1, 0.15) is 31.4 Å².